The van der Waals surface area contributed by atoms with Gasteiger partial charge in [0, 0.05) is 18.2 Å². The molecule has 4 rings (SSSR count). The van der Waals surface area contributed by atoms with Gasteiger partial charge >= 0.3 is 0 Å². The molecule has 3 aromatic rings. The van der Waals surface area contributed by atoms with Gasteiger partial charge in [-0.05, 0) is 43.5 Å². The summed E-state index contributed by atoms with van der Waals surface area (Å²) in [4.78, 5) is 4.49. The third-order valence-electron chi connectivity index (χ3n) is 4.87. The molecule has 1 aliphatic rings. The van der Waals surface area contributed by atoms with Crippen molar-refractivity contribution in [3.63, 3.8) is 0 Å². The SMILES string of the molecule is CCCCNc1ccc2ncc(-c3ccc([C@@H]4CCCN4)cc3)n2n1. The van der Waals surface area contributed by atoms with Crippen LogP contribution in [-0.4, -0.2) is 27.7 Å². The summed E-state index contributed by atoms with van der Waals surface area (Å²) < 4.78 is 1.93. The fraction of sp³-hybridized carbons (Fsp3) is 0.400. The van der Waals surface area contributed by atoms with E-state index in [9.17, 15) is 0 Å². The molecule has 1 aliphatic heterocycles. The van der Waals surface area contributed by atoms with Crippen LogP contribution in [0.4, 0.5) is 5.82 Å². The van der Waals surface area contributed by atoms with E-state index in [0.29, 0.717) is 6.04 Å². The van der Waals surface area contributed by atoms with Crippen LogP contribution in [0.5, 0.6) is 0 Å². The van der Waals surface area contributed by atoms with Crippen LogP contribution in [0, 0.1) is 0 Å². The second-order valence-corrected chi connectivity index (χ2v) is 6.68. The van der Waals surface area contributed by atoms with Crippen molar-refractivity contribution in [2.45, 2.75) is 38.6 Å². The molecule has 0 amide bonds. The largest absolute Gasteiger partial charge is 0.369 e. The van der Waals surface area contributed by atoms with E-state index in [0.717, 1.165) is 42.2 Å². The molecule has 1 saturated heterocycles. The van der Waals surface area contributed by atoms with Gasteiger partial charge in [-0.2, -0.15) is 0 Å². The van der Waals surface area contributed by atoms with Gasteiger partial charge in [0.05, 0.1) is 11.9 Å². The van der Waals surface area contributed by atoms with E-state index < -0.39 is 0 Å². The van der Waals surface area contributed by atoms with E-state index in [1.54, 1.807) is 0 Å². The molecule has 0 radical (unpaired) electrons. The Morgan fingerprint density at radius 2 is 2.08 bits per heavy atom. The van der Waals surface area contributed by atoms with Gasteiger partial charge in [-0.1, -0.05) is 37.6 Å². The molecule has 25 heavy (non-hydrogen) atoms. The van der Waals surface area contributed by atoms with Crippen LogP contribution >= 0.6 is 0 Å². The molecule has 2 aromatic heterocycles. The number of aromatic nitrogens is 3. The van der Waals surface area contributed by atoms with Crippen LogP contribution in [-0.2, 0) is 0 Å². The van der Waals surface area contributed by atoms with E-state index in [4.69, 9.17) is 5.10 Å². The maximum Gasteiger partial charge on any atom is 0.154 e. The molecule has 3 heterocycles. The van der Waals surface area contributed by atoms with E-state index >= 15 is 0 Å². The summed E-state index contributed by atoms with van der Waals surface area (Å²) in [6.45, 7) is 4.26. The van der Waals surface area contributed by atoms with E-state index in [1.165, 1.54) is 24.8 Å². The highest BCUT2D eigenvalue weighted by molar-refractivity contribution is 5.64. The number of benzene rings is 1. The number of hydrogen-bond donors (Lipinski definition) is 2. The van der Waals surface area contributed by atoms with Crippen LogP contribution in [0.15, 0.2) is 42.6 Å². The average Bonchev–Trinajstić information content (AvgIpc) is 3.32. The van der Waals surface area contributed by atoms with Gasteiger partial charge in [-0.25, -0.2) is 9.50 Å². The van der Waals surface area contributed by atoms with Crippen molar-refractivity contribution in [3.05, 3.63) is 48.2 Å². The lowest BCUT2D eigenvalue weighted by Crippen LogP contribution is -2.12. The minimum absolute atomic E-state index is 0.503. The maximum absolute atomic E-state index is 4.71. The monoisotopic (exact) mass is 335 g/mol. The number of hydrogen-bond acceptors (Lipinski definition) is 4. The Morgan fingerprint density at radius 1 is 1.20 bits per heavy atom. The fourth-order valence-electron chi connectivity index (χ4n) is 3.41. The molecule has 5 heteroatoms. The van der Waals surface area contributed by atoms with Crippen molar-refractivity contribution >= 4 is 11.5 Å². The first-order chi connectivity index (χ1) is 12.3. The third-order valence-corrected chi connectivity index (χ3v) is 4.87. The first kappa shape index (κ1) is 16.1. The summed E-state index contributed by atoms with van der Waals surface area (Å²) in [5, 5.41) is 11.6. The van der Waals surface area contributed by atoms with Gasteiger partial charge in [0.2, 0.25) is 0 Å². The van der Waals surface area contributed by atoms with Crippen molar-refractivity contribution < 1.29 is 0 Å². The van der Waals surface area contributed by atoms with Crippen LogP contribution < -0.4 is 10.6 Å². The molecule has 1 fully saturated rings. The van der Waals surface area contributed by atoms with Gasteiger partial charge in [-0.3, -0.25) is 0 Å². The van der Waals surface area contributed by atoms with Crippen molar-refractivity contribution in [2.75, 3.05) is 18.4 Å². The third kappa shape index (κ3) is 3.37. The molecule has 1 atom stereocenters. The average molecular weight is 335 g/mol. The first-order valence-electron chi connectivity index (χ1n) is 9.27. The van der Waals surface area contributed by atoms with Crippen LogP contribution in [0.25, 0.3) is 16.9 Å². The molecule has 2 N–H and O–H groups in total. The van der Waals surface area contributed by atoms with E-state index in [-0.39, 0.29) is 0 Å². The molecular formula is C20H25N5. The summed E-state index contributed by atoms with van der Waals surface area (Å²) in [5.74, 6) is 0.895. The zero-order valence-electron chi connectivity index (χ0n) is 14.7. The Balaban J connectivity index is 1.60. The van der Waals surface area contributed by atoms with Gasteiger partial charge < -0.3 is 10.6 Å². The highest BCUT2D eigenvalue weighted by Crippen LogP contribution is 2.26. The Labute approximate surface area is 148 Å². The standard InChI is InChI=1S/C20H25N5/c1-2-3-12-22-19-10-11-20-23-14-18(25(20)24-19)16-8-6-15(7-9-16)17-5-4-13-21-17/h6-11,14,17,21H,2-5,12-13H2,1H3,(H,22,24)/t17-/m0/s1. The van der Waals surface area contributed by atoms with Crippen LogP contribution in [0.3, 0.4) is 0 Å². The lowest BCUT2D eigenvalue weighted by molar-refractivity contribution is 0.648. The molecule has 0 saturated carbocycles. The Kier molecular flexibility index (Phi) is 4.65. The summed E-state index contributed by atoms with van der Waals surface area (Å²) in [6, 6.07) is 13.3. The van der Waals surface area contributed by atoms with E-state index in [1.807, 2.05) is 22.8 Å². The Morgan fingerprint density at radius 3 is 2.84 bits per heavy atom. The van der Waals surface area contributed by atoms with Gasteiger partial charge in [0.25, 0.3) is 0 Å². The molecule has 0 spiro atoms. The highest BCUT2D eigenvalue weighted by Gasteiger charge is 2.16. The normalized spacial score (nSPS) is 17.2. The highest BCUT2D eigenvalue weighted by atomic mass is 15.3. The van der Waals surface area contributed by atoms with E-state index in [2.05, 4.69) is 46.8 Å². The molecule has 0 aliphatic carbocycles. The molecule has 1 aromatic carbocycles. The number of nitrogens with one attached hydrogen (secondary N) is 2. The van der Waals surface area contributed by atoms with Crippen molar-refractivity contribution in [1.82, 2.24) is 19.9 Å². The predicted molar refractivity (Wildman–Crippen MR) is 102 cm³/mol. The number of anilines is 1. The van der Waals surface area contributed by atoms with Crippen molar-refractivity contribution in [1.29, 1.82) is 0 Å². The first-order valence-corrected chi connectivity index (χ1v) is 9.27. The number of nitrogens with zero attached hydrogens (tertiary/aromatic N) is 3. The topological polar surface area (TPSA) is 54.2 Å². The van der Waals surface area contributed by atoms with Crippen molar-refractivity contribution in [2.24, 2.45) is 0 Å². The Hall–Kier alpha value is -2.40. The second-order valence-electron chi connectivity index (χ2n) is 6.68. The number of unbranched alkanes of at least 4 members (excludes halogenated alkanes) is 1. The molecule has 130 valence electrons. The summed E-state index contributed by atoms with van der Waals surface area (Å²) >= 11 is 0. The minimum Gasteiger partial charge on any atom is -0.369 e. The zero-order chi connectivity index (χ0) is 17.1. The number of fused-ring (bicyclic) bond motifs is 1. The van der Waals surface area contributed by atoms with Crippen LogP contribution in [0.1, 0.15) is 44.2 Å². The van der Waals surface area contributed by atoms with Crippen molar-refractivity contribution in [3.8, 4) is 11.3 Å². The molecule has 0 bridgehead atoms. The zero-order valence-corrected chi connectivity index (χ0v) is 14.7. The number of rotatable bonds is 6. The lowest BCUT2D eigenvalue weighted by atomic mass is 10.0. The summed E-state index contributed by atoms with van der Waals surface area (Å²) in [7, 11) is 0. The fourth-order valence-corrected chi connectivity index (χ4v) is 3.41. The molecular weight excluding hydrogens is 310 g/mol. The van der Waals surface area contributed by atoms with Gasteiger partial charge in [0.15, 0.2) is 5.65 Å². The van der Waals surface area contributed by atoms with Crippen LogP contribution in [0.2, 0.25) is 0 Å². The molecule has 5 nitrogen and oxygen atoms in total. The molecule has 0 unspecified atom stereocenters. The Bertz CT molecular complexity index is 831. The smallest absolute Gasteiger partial charge is 0.154 e. The quantitative estimate of drug-likeness (QED) is 0.668. The maximum atomic E-state index is 4.71. The predicted octanol–water partition coefficient (Wildman–Crippen LogP) is 4.03. The van der Waals surface area contributed by atoms with Gasteiger partial charge in [-0.15, -0.1) is 5.10 Å². The number of imidazole rings is 1. The van der Waals surface area contributed by atoms with Gasteiger partial charge in [0.1, 0.15) is 5.82 Å². The summed E-state index contributed by atoms with van der Waals surface area (Å²) in [5.41, 5.74) is 4.41. The minimum atomic E-state index is 0.503. The lowest BCUT2D eigenvalue weighted by Gasteiger charge is -2.11. The second kappa shape index (κ2) is 7.23. The summed E-state index contributed by atoms with van der Waals surface area (Å²) in [6.07, 6.45) is 6.71.